The molecule has 110 valence electrons. The van der Waals surface area contributed by atoms with Gasteiger partial charge in [0, 0.05) is 0 Å². The topological polar surface area (TPSA) is 84.5 Å². The van der Waals surface area contributed by atoms with E-state index >= 15 is 0 Å². The quantitative estimate of drug-likeness (QED) is 0.672. The summed E-state index contributed by atoms with van der Waals surface area (Å²) in [7, 11) is -3.66. The van der Waals surface area contributed by atoms with Crippen LogP contribution in [0.2, 0.25) is 0 Å². The zero-order valence-electron chi connectivity index (χ0n) is 11.9. The molecular formula is C15H17N3O2S. The molecule has 2 rings (SSSR count). The van der Waals surface area contributed by atoms with E-state index in [-0.39, 0.29) is 4.90 Å². The summed E-state index contributed by atoms with van der Waals surface area (Å²) in [6.07, 6.45) is 0. The molecule has 0 heterocycles. The maximum absolute atomic E-state index is 11.2. The Morgan fingerprint density at radius 1 is 1.14 bits per heavy atom. The summed E-state index contributed by atoms with van der Waals surface area (Å²) in [5.41, 5.74) is 6.62. The first-order valence-corrected chi connectivity index (χ1v) is 7.91. The maximum atomic E-state index is 11.2. The fraction of sp³-hybridized carbons (Fsp3) is 0.133. The molecule has 0 atom stereocenters. The third-order valence-corrected chi connectivity index (χ3v) is 3.90. The van der Waals surface area contributed by atoms with Crippen LogP contribution in [0.1, 0.15) is 18.1 Å². The average molecular weight is 303 g/mol. The van der Waals surface area contributed by atoms with Crippen LogP contribution in [0.4, 0.5) is 5.69 Å². The lowest BCUT2D eigenvalue weighted by atomic mass is 10.1. The number of hydrazone groups is 1. The Kier molecular flexibility index (Phi) is 4.40. The van der Waals surface area contributed by atoms with Gasteiger partial charge in [0.15, 0.2) is 0 Å². The summed E-state index contributed by atoms with van der Waals surface area (Å²) in [6, 6.07) is 14.1. The highest BCUT2D eigenvalue weighted by molar-refractivity contribution is 7.89. The van der Waals surface area contributed by atoms with Crippen LogP contribution in [-0.4, -0.2) is 14.1 Å². The molecular weight excluding hydrogens is 286 g/mol. The van der Waals surface area contributed by atoms with E-state index in [1.165, 1.54) is 17.7 Å². The smallest absolute Gasteiger partial charge is 0.238 e. The van der Waals surface area contributed by atoms with E-state index in [2.05, 4.69) is 10.5 Å². The van der Waals surface area contributed by atoms with Gasteiger partial charge >= 0.3 is 0 Å². The molecule has 6 heteroatoms. The van der Waals surface area contributed by atoms with Gasteiger partial charge in [-0.05, 0) is 43.7 Å². The third kappa shape index (κ3) is 4.14. The van der Waals surface area contributed by atoms with Crippen LogP contribution in [0.3, 0.4) is 0 Å². The number of nitrogens with zero attached hydrogens (tertiary/aromatic N) is 1. The van der Waals surface area contributed by atoms with E-state index in [0.29, 0.717) is 5.69 Å². The normalized spacial score (nSPS) is 12.2. The van der Waals surface area contributed by atoms with E-state index in [1.807, 2.05) is 38.1 Å². The van der Waals surface area contributed by atoms with Crippen molar-refractivity contribution >= 4 is 21.4 Å². The molecule has 5 nitrogen and oxygen atoms in total. The van der Waals surface area contributed by atoms with Gasteiger partial charge in [-0.15, -0.1) is 0 Å². The Hall–Kier alpha value is -2.18. The highest BCUT2D eigenvalue weighted by Gasteiger charge is 2.06. The molecule has 2 aromatic carbocycles. The van der Waals surface area contributed by atoms with E-state index in [1.54, 1.807) is 12.1 Å². The molecule has 2 aromatic rings. The fourth-order valence-electron chi connectivity index (χ4n) is 1.80. The molecule has 0 aliphatic carbocycles. The van der Waals surface area contributed by atoms with Gasteiger partial charge in [0.1, 0.15) is 0 Å². The number of hydrogen-bond donors (Lipinski definition) is 2. The Labute approximate surface area is 124 Å². The standard InChI is InChI=1S/C15H17N3O2S/c1-11-4-3-5-13(10-11)12(2)17-18-14-6-8-15(9-7-14)21(16,19)20/h3-10,18H,1-2H3,(H2,16,19,20)/b17-12+. The molecule has 0 saturated carbocycles. The van der Waals surface area contributed by atoms with E-state index in [0.717, 1.165) is 11.3 Å². The lowest BCUT2D eigenvalue weighted by molar-refractivity contribution is 0.598. The molecule has 0 aliphatic heterocycles. The van der Waals surface area contributed by atoms with Gasteiger partial charge in [-0.3, -0.25) is 5.43 Å². The van der Waals surface area contributed by atoms with Crippen molar-refractivity contribution in [3.8, 4) is 0 Å². The second-order valence-electron chi connectivity index (χ2n) is 4.75. The van der Waals surface area contributed by atoms with Crippen LogP contribution >= 0.6 is 0 Å². The minimum atomic E-state index is -3.66. The van der Waals surface area contributed by atoms with Gasteiger partial charge in [-0.2, -0.15) is 5.10 Å². The van der Waals surface area contributed by atoms with Gasteiger partial charge in [0.2, 0.25) is 10.0 Å². The summed E-state index contributed by atoms with van der Waals surface area (Å²) in [4.78, 5) is 0.0763. The van der Waals surface area contributed by atoms with Crippen molar-refractivity contribution in [3.05, 3.63) is 59.7 Å². The minimum Gasteiger partial charge on any atom is -0.278 e. The molecule has 0 bridgehead atoms. The third-order valence-electron chi connectivity index (χ3n) is 2.97. The Morgan fingerprint density at radius 2 is 1.81 bits per heavy atom. The average Bonchev–Trinajstić information content (AvgIpc) is 2.44. The first-order valence-electron chi connectivity index (χ1n) is 6.36. The van der Waals surface area contributed by atoms with Crippen molar-refractivity contribution in [3.63, 3.8) is 0 Å². The second-order valence-corrected chi connectivity index (χ2v) is 6.31. The summed E-state index contributed by atoms with van der Waals surface area (Å²) in [6.45, 7) is 3.93. The predicted octanol–water partition coefficient (Wildman–Crippen LogP) is 2.48. The Balaban J connectivity index is 2.14. The molecule has 0 unspecified atom stereocenters. The number of nitrogens with one attached hydrogen (secondary N) is 1. The van der Waals surface area contributed by atoms with Crippen molar-refractivity contribution in [1.29, 1.82) is 0 Å². The predicted molar refractivity (Wildman–Crippen MR) is 84.8 cm³/mol. The van der Waals surface area contributed by atoms with E-state index in [9.17, 15) is 8.42 Å². The molecule has 0 saturated heterocycles. The minimum absolute atomic E-state index is 0.0763. The summed E-state index contributed by atoms with van der Waals surface area (Å²) >= 11 is 0. The lowest BCUT2D eigenvalue weighted by Crippen LogP contribution is -2.11. The highest BCUT2D eigenvalue weighted by Crippen LogP contribution is 2.13. The molecule has 0 aliphatic rings. The van der Waals surface area contributed by atoms with Crippen LogP contribution in [0.5, 0.6) is 0 Å². The van der Waals surface area contributed by atoms with Crippen molar-refractivity contribution in [2.45, 2.75) is 18.7 Å². The van der Waals surface area contributed by atoms with Gasteiger partial charge < -0.3 is 0 Å². The van der Waals surface area contributed by atoms with Crippen LogP contribution < -0.4 is 10.6 Å². The van der Waals surface area contributed by atoms with E-state index in [4.69, 9.17) is 5.14 Å². The number of hydrogen-bond acceptors (Lipinski definition) is 4. The second kappa shape index (κ2) is 6.07. The van der Waals surface area contributed by atoms with Gasteiger partial charge in [0.05, 0.1) is 16.3 Å². The van der Waals surface area contributed by atoms with Crippen molar-refractivity contribution in [1.82, 2.24) is 0 Å². The van der Waals surface area contributed by atoms with Gasteiger partial charge in [0.25, 0.3) is 0 Å². The number of aryl methyl sites for hydroxylation is 1. The van der Waals surface area contributed by atoms with Gasteiger partial charge in [-0.25, -0.2) is 13.6 Å². The molecule has 0 fully saturated rings. The SMILES string of the molecule is C/C(=N\Nc1ccc(S(N)(=O)=O)cc1)c1cccc(C)c1. The molecule has 0 radical (unpaired) electrons. The Morgan fingerprint density at radius 3 is 2.38 bits per heavy atom. The maximum Gasteiger partial charge on any atom is 0.238 e. The zero-order chi connectivity index (χ0) is 15.5. The first-order chi connectivity index (χ1) is 9.86. The molecule has 21 heavy (non-hydrogen) atoms. The number of anilines is 1. The van der Waals surface area contributed by atoms with Crippen LogP contribution in [-0.2, 0) is 10.0 Å². The number of sulfonamides is 1. The zero-order valence-corrected chi connectivity index (χ0v) is 12.7. The van der Waals surface area contributed by atoms with Crippen molar-refractivity contribution in [2.24, 2.45) is 10.2 Å². The van der Waals surface area contributed by atoms with Crippen LogP contribution in [0.25, 0.3) is 0 Å². The highest BCUT2D eigenvalue weighted by atomic mass is 32.2. The van der Waals surface area contributed by atoms with Crippen LogP contribution in [0, 0.1) is 6.92 Å². The summed E-state index contributed by atoms with van der Waals surface area (Å²) < 4.78 is 22.3. The van der Waals surface area contributed by atoms with Crippen LogP contribution in [0.15, 0.2) is 58.5 Å². The lowest BCUT2D eigenvalue weighted by Gasteiger charge is -2.05. The summed E-state index contributed by atoms with van der Waals surface area (Å²) in [5.74, 6) is 0. The molecule has 0 aromatic heterocycles. The first kappa shape index (κ1) is 15.2. The number of benzene rings is 2. The molecule has 3 N–H and O–H groups in total. The molecule has 0 spiro atoms. The Bertz CT molecular complexity index is 766. The largest absolute Gasteiger partial charge is 0.278 e. The molecule has 0 amide bonds. The van der Waals surface area contributed by atoms with E-state index < -0.39 is 10.0 Å². The van der Waals surface area contributed by atoms with Crippen molar-refractivity contribution < 1.29 is 8.42 Å². The summed E-state index contributed by atoms with van der Waals surface area (Å²) in [5, 5.41) is 9.33. The number of nitrogens with two attached hydrogens (primary N) is 1. The number of primary sulfonamides is 1. The van der Waals surface area contributed by atoms with Crippen molar-refractivity contribution in [2.75, 3.05) is 5.43 Å². The van der Waals surface area contributed by atoms with Gasteiger partial charge in [-0.1, -0.05) is 29.8 Å². The fourth-order valence-corrected chi connectivity index (χ4v) is 2.32. The number of rotatable bonds is 4. The monoisotopic (exact) mass is 303 g/mol.